The van der Waals surface area contributed by atoms with Crippen molar-refractivity contribution in [2.45, 2.75) is 27.3 Å². The number of halogens is 1. The quantitative estimate of drug-likeness (QED) is 0.806. The van der Waals surface area contributed by atoms with E-state index >= 15 is 0 Å². The van der Waals surface area contributed by atoms with Gasteiger partial charge in [0.25, 0.3) is 5.56 Å². The summed E-state index contributed by atoms with van der Waals surface area (Å²) >= 11 is 3.31. The normalized spacial score (nSPS) is 11.0. The van der Waals surface area contributed by atoms with Gasteiger partial charge in [-0.1, -0.05) is 0 Å². The number of ether oxygens (including phenoxy) is 1. The number of anilines is 1. The van der Waals surface area contributed by atoms with Crippen LogP contribution in [0.2, 0.25) is 0 Å². The molecule has 21 heavy (non-hydrogen) atoms. The third kappa shape index (κ3) is 3.41. The predicted molar refractivity (Wildman–Crippen MR) is 86.9 cm³/mol. The fourth-order valence-electron chi connectivity index (χ4n) is 2.10. The van der Waals surface area contributed by atoms with Crippen LogP contribution < -0.4 is 10.9 Å². The second-order valence-electron chi connectivity index (χ2n) is 4.55. The lowest BCUT2D eigenvalue weighted by molar-refractivity contribution is 0.139. The highest BCUT2D eigenvalue weighted by Gasteiger charge is 2.12. The second-order valence-corrected chi connectivity index (χ2v) is 5.40. The Kier molecular flexibility index (Phi) is 5.30. The fraction of sp³-hybridized carbons (Fsp3) is 0.500. The summed E-state index contributed by atoms with van der Waals surface area (Å²) in [5.74, 6) is 0.536. The largest absolute Gasteiger partial charge is 0.380 e. The lowest BCUT2D eigenvalue weighted by atomic mass is 10.2. The van der Waals surface area contributed by atoms with Crippen LogP contribution in [0.3, 0.4) is 0 Å². The maximum atomic E-state index is 12.3. The molecule has 7 heteroatoms. The molecule has 0 spiro atoms. The number of pyridine rings is 1. The van der Waals surface area contributed by atoms with Gasteiger partial charge in [-0.15, -0.1) is 0 Å². The molecule has 2 rings (SSSR count). The third-order valence-corrected chi connectivity index (χ3v) is 3.66. The summed E-state index contributed by atoms with van der Waals surface area (Å²) in [7, 11) is 0. The number of hydrogen-bond acceptors (Lipinski definition) is 5. The fourth-order valence-corrected chi connectivity index (χ4v) is 2.54. The van der Waals surface area contributed by atoms with Crippen molar-refractivity contribution in [3.05, 3.63) is 26.6 Å². The highest BCUT2D eigenvalue weighted by molar-refractivity contribution is 9.10. The molecule has 0 atom stereocenters. The van der Waals surface area contributed by atoms with Gasteiger partial charge in [0.15, 0.2) is 0 Å². The van der Waals surface area contributed by atoms with Gasteiger partial charge in [-0.2, -0.15) is 4.98 Å². The summed E-state index contributed by atoms with van der Waals surface area (Å²) in [4.78, 5) is 21.2. The average Bonchev–Trinajstić information content (AvgIpc) is 2.45. The van der Waals surface area contributed by atoms with Crippen LogP contribution in [0.4, 0.5) is 5.95 Å². The first-order valence-corrected chi connectivity index (χ1v) is 7.77. The van der Waals surface area contributed by atoms with Crippen molar-refractivity contribution < 1.29 is 4.74 Å². The van der Waals surface area contributed by atoms with Gasteiger partial charge in [0.1, 0.15) is 5.65 Å². The van der Waals surface area contributed by atoms with Crippen molar-refractivity contribution in [2.75, 3.05) is 25.1 Å². The van der Waals surface area contributed by atoms with Crippen molar-refractivity contribution in [2.24, 2.45) is 0 Å². The Hall–Kier alpha value is -1.47. The lowest BCUT2D eigenvalue weighted by Gasteiger charge is -2.13. The van der Waals surface area contributed by atoms with Gasteiger partial charge >= 0.3 is 0 Å². The molecule has 0 amide bonds. The van der Waals surface area contributed by atoms with Crippen molar-refractivity contribution in [1.29, 1.82) is 0 Å². The molecule has 0 unspecified atom stereocenters. The number of fused-ring (bicyclic) bond motifs is 1. The Bertz CT molecular complexity index is 699. The topological polar surface area (TPSA) is 69.0 Å². The number of rotatable bonds is 6. The summed E-state index contributed by atoms with van der Waals surface area (Å²) in [5, 5.41) is 3.95. The van der Waals surface area contributed by atoms with Crippen LogP contribution in [-0.2, 0) is 11.3 Å². The zero-order valence-corrected chi connectivity index (χ0v) is 14.0. The van der Waals surface area contributed by atoms with Crippen LogP contribution in [0.5, 0.6) is 0 Å². The summed E-state index contributed by atoms with van der Waals surface area (Å²) in [6.45, 7) is 8.10. The van der Waals surface area contributed by atoms with E-state index in [0.717, 1.165) is 17.6 Å². The first-order chi connectivity index (χ1) is 10.1. The number of hydrogen-bond donors (Lipinski definition) is 1. The Balaban J connectivity index is 2.61. The molecule has 0 radical (unpaired) electrons. The van der Waals surface area contributed by atoms with Gasteiger partial charge in [-0.05, 0) is 42.8 Å². The van der Waals surface area contributed by atoms with E-state index in [1.807, 2.05) is 20.8 Å². The summed E-state index contributed by atoms with van der Waals surface area (Å²) < 4.78 is 7.49. The number of aromatic nitrogens is 3. The monoisotopic (exact) mass is 354 g/mol. The third-order valence-electron chi connectivity index (χ3n) is 3.09. The zero-order valence-electron chi connectivity index (χ0n) is 12.4. The lowest BCUT2D eigenvalue weighted by Crippen LogP contribution is -2.25. The molecular weight excluding hydrogens is 336 g/mol. The maximum absolute atomic E-state index is 12.3. The standard InChI is InChI=1S/C14H19BrN4O2/c1-4-16-14-17-9(3)10-8-11(15)13(20)19(12(10)18-14)6-7-21-5-2/h8H,4-7H2,1-3H3,(H,16,17,18). The predicted octanol–water partition coefficient (Wildman–Crippen LogP) is 2.33. The van der Waals surface area contributed by atoms with E-state index in [-0.39, 0.29) is 5.56 Å². The molecule has 2 heterocycles. The molecule has 0 aromatic carbocycles. The molecular formula is C14H19BrN4O2. The Morgan fingerprint density at radius 3 is 2.81 bits per heavy atom. The summed E-state index contributed by atoms with van der Waals surface area (Å²) in [6, 6.07) is 1.78. The van der Waals surface area contributed by atoms with Gasteiger partial charge in [0.05, 0.1) is 23.3 Å². The minimum Gasteiger partial charge on any atom is -0.380 e. The van der Waals surface area contributed by atoms with E-state index in [9.17, 15) is 4.79 Å². The maximum Gasteiger partial charge on any atom is 0.266 e. The number of nitrogens with zero attached hydrogens (tertiary/aromatic N) is 3. The number of nitrogens with one attached hydrogen (secondary N) is 1. The van der Waals surface area contributed by atoms with Crippen LogP contribution in [-0.4, -0.2) is 34.3 Å². The first kappa shape index (κ1) is 15.9. The van der Waals surface area contributed by atoms with E-state index in [0.29, 0.717) is 35.8 Å². The minimum atomic E-state index is -0.109. The molecule has 6 nitrogen and oxygen atoms in total. The van der Waals surface area contributed by atoms with E-state index in [4.69, 9.17) is 4.74 Å². The van der Waals surface area contributed by atoms with E-state index in [2.05, 4.69) is 31.2 Å². The molecule has 2 aromatic rings. The van der Waals surface area contributed by atoms with E-state index in [1.165, 1.54) is 0 Å². The molecule has 0 aliphatic heterocycles. The minimum absolute atomic E-state index is 0.109. The smallest absolute Gasteiger partial charge is 0.266 e. The van der Waals surface area contributed by atoms with Crippen LogP contribution in [0.1, 0.15) is 19.5 Å². The van der Waals surface area contributed by atoms with Gasteiger partial charge in [-0.25, -0.2) is 4.98 Å². The Morgan fingerprint density at radius 2 is 2.14 bits per heavy atom. The Labute approximate surface area is 131 Å². The molecule has 0 saturated carbocycles. The summed E-state index contributed by atoms with van der Waals surface area (Å²) in [5.41, 5.74) is 1.36. The van der Waals surface area contributed by atoms with Crippen molar-refractivity contribution in [3.8, 4) is 0 Å². The molecule has 0 saturated heterocycles. The van der Waals surface area contributed by atoms with Gasteiger partial charge in [0.2, 0.25) is 5.95 Å². The highest BCUT2D eigenvalue weighted by Crippen LogP contribution is 2.19. The van der Waals surface area contributed by atoms with Gasteiger partial charge < -0.3 is 10.1 Å². The molecule has 1 N–H and O–H groups in total. The second kappa shape index (κ2) is 7.00. The molecule has 0 aliphatic rings. The summed E-state index contributed by atoms with van der Waals surface area (Å²) in [6.07, 6.45) is 0. The molecule has 0 aliphatic carbocycles. The van der Waals surface area contributed by atoms with Crippen LogP contribution >= 0.6 is 15.9 Å². The highest BCUT2D eigenvalue weighted by atomic mass is 79.9. The molecule has 0 bridgehead atoms. The van der Waals surface area contributed by atoms with Crippen LogP contribution in [0.25, 0.3) is 11.0 Å². The zero-order chi connectivity index (χ0) is 15.4. The average molecular weight is 355 g/mol. The van der Waals surface area contributed by atoms with Crippen molar-refractivity contribution >= 4 is 32.9 Å². The van der Waals surface area contributed by atoms with E-state index in [1.54, 1.807) is 10.6 Å². The van der Waals surface area contributed by atoms with E-state index < -0.39 is 0 Å². The molecule has 114 valence electrons. The van der Waals surface area contributed by atoms with Gasteiger partial charge in [0, 0.05) is 18.5 Å². The molecule has 0 fully saturated rings. The SMILES string of the molecule is CCNc1nc(C)c2cc(Br)c(=O)n(CCOCC)c2n1. The van der Waals surface area contributed by atoms with Crippen molar-refractivity contribution in [1.82, 2.24) is 14.5 Å². The molecule has 2 aromatic heterocycles. The first-order valence-electron chi connectivity index (χ1n) is 6.97. The number of aryl methyl sites for hydroxylation is 1. The van der Waals surface area contributed by atoms with Gasteiger partial charge in [-0.3, -0.25) is 9.36 Å². The van der Waals surface area contributed by atoms with Crippen LogP contribution in [0.15, 0.2) is 15.3 Å². The van der Waals surface area contributed by atoms with Crippen LogP contribution in [0, 0.1) is 6.92 Å². The Morgan fingerprint density at radius 1 is 1.38 bits per heavy atom. The van der Waals surface area contributed by atoms with Crippen molar-refractivity contribution in [3.63, 3.8) is 0 Å².